The van der Waals surface area contributed by atoms with Gasteiger partial charge in [0, 0.05) is 0 Å². The lowest BCUT2D eigenvalue weighted by Crippen LogP contribution is -2.48. The van der Waals surface area contributed by atoms with E-state index in [2.05, 4.69) is 43.5 Å². The highest BCUT2D eigenvalue weighted by molar-refractivity contribution is 5.80. The molecule has 276 valence electrons. The van der Waals surface area contributed by atoms with Crippen molar-refractivity contribution in [2.75, 3.05) is 6.61 Å². The highest BCUT2D eigenvalue weighted by Crippen LogP contribution is 2.14. The summed E-state index contributed by atoms with van der Waals surface area (Å²) in [4.78, 5) is 12.4. The number of aliphatic hydroxyl groups excluding tert-OH is 3. The van der Waals surface area contributed by atoms with Gasteiger partial charge in [0.15, 0.2) is 0 Å². The number of hydrogen-bond acceptors (Lipinski definition) is 4. The molecule has 3 atom stereocenters. The molecule has 0 aromatic heterocycles. The fourth-order valence-electron chi connectivity index (χ4n) is 5.96. The largest absolute Gasteiger partial charge is 0.394 e. The molecule has 0 aromatic rings. The summed E-state index contributed by atoms with van der Waals surface area (Å²) in [5.41, 5.74) is 0. The number of aliphatic hydroxyl groups is 3. The van der Waals surface area contributed by atoms with E-state index in [1.807, 2.05) is 6.08 Å². The van der Waals surface area contributed by atoms with Gasteiger partial charge in [0.2, 0.25) is 5.91 Å². The summed E-state index contributed by atoms with van der Waals surface area (Å²) < 4.78 is 0. The molecule has 47 heavy (non-hydrogen) atoms. The average Bonchev–Trinajstić information content (AvgIpc) is 3.07. The standard InChI is InChI=1S/C42H79NO4/c1-3-5-7-9-11-13-15-17-18-19-20-21-22-23-24-25-27-28-30-32-34-36-40(45)39(38-44)43-42(47)41(46)37-35-33-31-29-26-16-14-12-10-8-6-4-2/h26-29,34,36,39-41,44-46H,3-25,30-33,35,37-38H2,1-2H3,(H,43,47)/b28-27+,29-26-,36-34+. The Labute approximate surface area is 292 Å². The van der Waals surface area contributed by atoms with Gasteiger partial charge in [-0.1, -0.05) is 179 Å². The smallest absolute Gasteiger partial charge is 0.249 e. The Balaban J connectivity index is 3.75. The van der Waals surface area contributed by atoms with Gasteiger partial charge in [0.1, 0.15) is 6.10 Å². The fourth-order valence-corrected chi connectivity index (χ4v) is 5.96. The Kier molecular flexibility index (Phi) is 36.3. The number of unbranched alkanes of at least 4 members (excludes halogenated alkanes) is 24. The third-order valence-corrected chi connectivity index (χ3v) is 9.20. The van der Waals surface area contributed by atoms with E-state index < -0.39 is 24.2 Å². The van der Waals surface area contributed by atoms with Crippen LogP contribution in [0.25, 0.3) is 0 Å². The molecule has 0 bridgehead atoms. The summed E-state index contributed by atoms with van der Waals surface area (Å²) in [7, 11) is 0. The minimum absolute atomic E-state index is 0.382. The first-order valence-electron chi connectivity index (χ1n) is 20.3. The number of amides is 1. The van der Waals surface area contributed by atoms with Crippen LogP contribution in [-0.2, 0) is 4.79 Å². The Bertz CT molecular complexity index is 734. The van der Waals surface area contributed by atoms with Crippen LogP contribution in [-0.4, -0.2) is 46.1 Å². The van der Waals surface area contributed by atoms with Gasteiger partial charge in [-0.15, -0.1) is 0 Å². The quantitative estimate of drug-likeness (QED) is 0.0397. The van der Waals surface area contributed by atoms with Crippen LogP contribution >= 0.6 is 0 Å². The third-order valence-electron chi connectivity index (χ3n) is 9.20. The molecule has 0 heterocycles. The number of carbonyl (C=O) groups excluding carboxylic acids is 1. The van der Waals surface area contributed by atoms with Crippen molar-refractivity contribution in [3.63, 3.8) is 0 Å². The highest BCUT2D eigenvalue weighted by Gasteiger charge is 2.22. The molecule has 0 aliphatic carbocycles. The predicted molar refractivity (Wildman–Crippen MR) is 204 cm³/mol. The lowest BCUT2D eigenvalue weighted by Gasteiger charge is -2.21. The van der Waals surface area contributed by atoms with E-state index in [4.69, 9.17) is 0 Å². The predicted octanol–water partition coefficient (Wildman–Crippen LogP) is 11.2. The molecule has 5 heteroatoms. The van der Waals surface area contributed by atoms with Crippen molar-refractivity contribution >= 4 is 5.91 Å². The summed E-state index contributed by atoms with van der Waals surface area (Å²) in [5, 5.41) is 32.9. The van der Waals surface area contributed by atoms with Crippen LogP contribution in [0.15, 0.2) is 36.5 Å². The molecule has 4 N–H and O–H groups in total. The zero-order chi connectivity index (χ0) is 34.5. The molecule has 0 fully saturated rings. The summed E-state index contributed by atoms with van der Waals surface area (Å²) in [5.74, 6) is -0.531. The average molecular weight is 662 g/mol. The Morgan fingerprint density at radius 3 is 1.30 bits per heavy atom. The zero-order valence-electron chi connectivity index (χ0n) is 31.2. The third kappa shape index (κ3) is 32.9. The van der Waals surface area contributed by atoms with Crippen molar-refractivity contribution in [3.8, 4) is 0 Å². The fraction of sp³-hybridized carbons (Fsp3) is 0.833. The molecular weight excluding hydrogens is 582 g/mol. The van der Waals surface area contributed by atoms with E-state index in [1.54, 1.807) is 6.08 Å². The first-order valence-corrected chi connectivity index (χ1v) is 20.3. The van der Waals surface area contributed by atoms with Crippen molar-refractivity contribution in [1.29, 1.82) is 0 Å². The maximum absolute atomic E-state index is 12.4. The minimum Gasteiger partial charge on any atom is -0.394 e. The lowest BCUT2D eigenvalue weighted by atomic mass is 10.0. The first-order chi connectivity index (χ1) is 23.1. The summed E-state index contributed by atoms with van der Waals surface area (Å²) >= 11 is 0. The second kappa shape index (κ2) is 37.4. The number of rotatable bonds is 36. The van der Waals surface area contributed by atoms with Gasteiger partial charge in [0.05, 0.1) is 18.8 Å². The van der Waals surface area contributed by atoms with Crippen molar-refractivity contribution < 1.29 is 20.1 Å². The van der Waals surface area contributed by atoms with Gasteiger partial charge in [-0.05, 0) is 57.8 Å². The molecule has 0 aromatic carbocycles. The van der Waals surface area contributed by atoms with Gasteiger partial charge < -0.3 is 20.6 Å². The van der Waals surface area contributed by atoms with Crippen LogP contribution in [0.1, 0.15) is 200 Å². The summed E-state index contributed by atoms with van der Waals surface area (Å²) in [6.45, 7) is 4.14. The molecule has 0 rings (SSSR count). The van der Waals surface area contributed by atoms with Crippen LogP contribution in [0.3, 0.4) is 0 Å². The van der Waals surface area contributed by atoms with E-state index in [9.17, 15) is 20.1 Å². The summed E-state index contributed by atoms with van der Waals surface area (Å²) in [6, 6.07) is -0.820. The normalized spacial score (nSPS) is 14.1. The molecule has 0 aliphatic heterocycles. The van der Waals surface area contributed by atoms with Gasteiger partial charge in [0.25, 0.3) is 0 Å². The lowest BCUT2D eigenvalue weighted by molar-refractivity contribution is -0.131. The number of allylic oxidation sites excluding steroid dienone is 5. The second-order valence-corrected chi connectivity index (χ2v) is 13.8. The van der Waals surface area contributed by atoms with Crippen molar-refractivity contribution in [2.24, 2.45) is 0 Å². The first kappa shape index (κ1) is 45.6. The van der Waals surface area contributed by atoms with Crippen LogP contribution in [0.5, 0.6) is 0 Å². The van der Waals surface area contributed by atoms with Crippen molar-refractivity contribution in [3.05, 3.63) is 36.5 Å². The van der Waals surface area contributed by atoms with E-state index in [1.165, 1.54) is 135 Å². The maximum Gasteiger partial charge on any atom is 0.249 e. The molecule has 5 nitrogen and oxygen atoms in total. The Hall–Kier alpha value is -1.43. The number of hydrogen-bond donors (Lipinski definition) is 4. The van der Waals surface area contributed by atoms with E-state index >= 15 is 0 Å². The second-order valence-electron chi connectivity index (χ2n) is 13.8. The molecule has 3 unspecified atom stereocenters. The number of carbonyl (C=O) groups is 1. The Morgan fingerprint density at radius 2 is 0.872 bits per heavy atom. The van der Waals surface area contributed by atoms with Crippen LogP contribution < -0.4 is 5.32 Å². The van der Waals surface area contributed by atoms with Crippen molar-refractivity contribution in [2.45, 2.75) is 218 Å². The SMILES string of the molecule is CCCCCCCC/C=C\CCCCC(O)C(=O)NC(CO)C(O)/C=C/CC/C=C/CCCCCCCCCCCCCCCCC. The molecule has 1 amide bonds. The van der Waals surface area contributed by atoms with E-state index in [-0.39, 0.29) is 6.61 Å². The number of nitrogens with one attached hydrogen (secondary N) is 1. The molecule has 0 radical (unpaired) electrons. The minimum atomic E-state index is -1.12. The zero-order valence-corrected chi connectivity index (χ0v) is 31.2. The molecule has 0 spiro atoms. The molecular formula is C42H79NO4. The highest BCUT2D eigenvalue weighted by atomic mass is 16.3. The van der Waals surface area contributed by atoms with Gasteiger partial charge in [-0.3, -0.25) is 4.79 Å². The maximum atomic E-state index is 12.4. The monoisotopic (exact) mass is 662 g/mol. The van der Waals surface area contributed by atoms with Crippen LogP contribution in [0.2, 0.25) is 0 Å². The van der Waals surface area contributed by atoms with Crippen LogP contribution in [0.4, 0.5) is 0 Å². The van der Waals surface area contributed by atoms with Gasteiger partial charge in [-0.25, -0.2) is 0 Å². The van der Waals surface area contributed by atoms with E-state index in [0.717, 1.165) is 44.9 Å². The molecule has 0 saturated carbocycles. The summed E-state index contributed by atoms with van der Waals surface area (Å²) in [6.07, 6.45) is 46.0. The van der Waals surface area contributed by atoms with Gasteiger partial charge in [-0.2, -0.15) is 0 Å². The Morgan fingerprint density at radius 1 is 0.511 bits per heavy atom. The van der Waals surface area contributed by atoms with E-state index in [0.29, 0.717) is 6.42 Å². The van der Waals surface area contributed by atoms with Crippen molar-refractivity contribution in [1.82, 2.24) is 5.32 Å². The molecule has 0 saturated heterocycles. The van der Waals surface area contributed by atoms with Gasteiger partial charge >= 0.3 is 0 Å². The topological polar surface area (TPSA) is 89.8 Å². The molecule has 0 aliphatic rings. The van der Waals surface area contributed by atoms with Crippen LogP contribution in [0, 0.1) is 0 Å².